The molecule has 1 aromatic heterocycles. The summed E-state index contributed by atoms with van der Waals surface area (Å²) in [7, 11) is 0. The van der Waals surface area contributed by atoms with Crippen molar-refractivity contribution in [1.82, 2.24) is 4.57 Å². The number of hydrogen-bond acceptors (Lipinski definition) is 1. The highest BCUT2D eigenvalue weighted by Crippen LogP contribution is 2.57. The fourth-order valence-corrected chi connectivity index (χ4v) is 11.0. The molecule has 62 heavy (non-hydrogen) atoms. The van der Waals surface area contributed by atoms with Crippen LogP contribution in [0.15, 0.2) is 224 Å². The predicted octanol–water partition coefficient (Wildman–Crippen LogP) is 15.0. The minimum Gasteiger partial charge on any atom is -0.309 e. The summed E-state index contributed by atoms with van der Waals surface area (Å²) in [5.41, 5.74) is 20.4. The van der Waals surface area contributed by atoms with Crippen LogP contribution in [-0.4, -0.2) is 10.3 Å². The lowest BCUT2D eigenvalue weighted by Crippen LogP contribution is -2.28. The van der Waals surface area contributed by atoms with Gasteiger partial charge in [0.25, 0.3) is 0 Å². The van der Waals surface area contributed by atoms with Crippen molar-refractivity contribution in [3.8, 4) is 50.2 Å². The topological polar surface area (TPSA) is 28.8 Å². The molecule has 13 rings (SSSR count). The standard InChI is InChI=1S/C60H38N2/c61-59-52-21-8-7-18-47(52)51-23-13-22-46(58(51)59)42-27-26-39-35-45(31-28-38(39)34-42)62-56-25-12-10-20-50(56)53-36-40(30-33-57(53)62)41-29-32-49-48-19-9-11-24-54(48)60(55(49)37-41,43-14-3-1-4-15-43)44-16-5-2-6-17-44/h1-37,61H. The third-order valence-corrected chi connectivity index (χ3v) is 13.7. The van der Waals surface area contributed by atoms with Crippen molar-refractivity contribution in [2.45, 2.75) is 5.41 Å². The lowest BCUT2D eigenvalue weighted by Gasteiger charge is -2.34. The summed E-state index contributed by atoms with van der Waals surface area (Å²) in [4.78, 5) is 0. The van der Waals surface area contributed by atoms with E-state index in [0.29, 0.717) is 5.71 Å². The van der Waals surface area contributed by atoms with Gasteiger partial charge in [0.2, 0.25) is 0 Å². The lowest BCUT2D eigenvalue weighted by atomic mass is 9.67. The van der Waals surface area contributed by atoms with E-state index < -0.39 is 5.41 Å². The Labute approximate surface area is 360 Å². The Morgan fingerprint density at radius 3 is 1.74 bits per heavy atom. The van der Waals surface area contributed by atoms with Gasteiger partial charge < -0.3 is 4.57 Å². The van der Waals surface area contributed by atoms with Gasteiger partial charge in [-0.05, 0) is 120 Å². The van der Waals surface area contributed by atoms with Gasteiger partial charge in [-0.15, -0.1) is 0 Å². The summed E-state index contributed by atoms with van der Waals surface area (Å²) >= 11 is 0. The van der Waals surface area contributed by atoms with Gasteiger partial charge in [0.05, 0.1) is 22.2 Å². The van der Waals surface area contributed by atoms with Crippen LogP contribution in [0.25, 0.3) is 82.8 Å². The number of aromatic nitrogens is 1. The Morgan fingerprint density at radius 2 is 0.919 bits per heavy atom. The van der Waals surface area contributed by atoms with Crippen LogP contribution >= 0.6 is 0 Å². The highest BCUT2D eigenvalue weighted by atomic mass is 15.0. The Bertz CT molecular complexity index is 3610. The van der Waals surface area contributed by atoms with Gasteiger partial charge in [0, 0.05) is 27.6 Å². The van der Waals surface area contributed by atoms with E-state index >= 15 is 0 Å². The minimum absolute atomic E-state index is 0.447. The van der Waals surface area contributed by atoms with Crippen molar-refractivity contribution in [2.24, 2.45) is 0 Å². The molecule has 2 nitrogen and oxygen atoms in total. The van der Waals surface area contributed by atoms with E-state index in [1.807, 2.05) is 6.07 Å². The summed E-state index contributed by atoms with van der Waals surface area (Å²) < 4.78 is 2.42. The van der Waals surface area contributed by atoms with E-state index in [-0.39, 0.29) is 0 Å². The van der Waals surface area contributed by atoms with E-state index in [0.717, 1.165) is 39.1 Å². The monoisotopic (exact) mass is 786 g/mol. The average Bonchev–Trinajstić information content (AvgIpc) is 3.95. The first kappa shape index (κ1) is 34.8. The SMILES string of the molecule is N=C1c2ccccc2-c2cccc(-c3ccc4cc(-n5c6ccccc6c6cc(-c7ccc8c(c7)C(c7ccccc7)(c7ccccc7)c7ccccc7-8)ccc65)ccc4c3)c21. The summed E-state index contributed by atoms with van der Waals surface area (Å²) in [6.45, 7) is 0. The molecule has 0 spiro atoms. The third-order valence-electron chi connectivity index (χ3n) is 13.7. The van der Waals surface area contributed by atoms with Gasteiger partial charge in [-0.3, -0.25) is 5.41 Å². The van der Waals surface area contributed by atoms with Crippen LogP contribution in [-0.2, 0) is 5.41 Å². The smallest absolute Gasteiger partial charge is 0.0713 e. The van der Waals surface area contributed by atoms with Gasteiger partial charge >= 0.3 is 0 Å². The number of para-hydroxylation sites is 1. The molecule has 1 N–H and O–H groups in total. The van der Waals surface area contributed by atoms with E-state index in [1.54, 1.807) is 0 Å². The molecule has 2 heteroatoms. The zero-order valence-electron chi connectivity index (χ0n) is 33.8. The molecule has 2 aliphatic carbocycles. The van der Waals surface area contributed by atoms with Gasteiger partial charge in [-0.1, -0.05) is 182 Å². The third kappa shape index (κ3) is 4.83. The molecule has 288 valence electrons. The minimum atomic E-state index is -0.447. The molecule has 1 heterocycles. The number of benzene rings is 10. The molecule has 0 aliphatic heterocycles. The number of hydrogen-bond donors (Lipinski definition) is 1. The predicted molar refractivity (Wildman–Crippen MR) is 258 cm³/mol. The fourth-order valence-electron chi connectivity index (χ4n) is 11.0. The highest BCUT2D eigenvalue weighted by Gasteiger charge is 2.46. The van der Waals surface area contributed by atoms with Crippen molar-refractivity contribution in [3.63, 3.8) is 0 Å². The van der Waals surface area contributed by atoms with Gasteiger partial charge in [0.15, 0.2) is 0 Å². The molecule has 0 unspecified atom stereocenters. The second-order valence-electron chi connectivity index (χ2n) is 16.8. The summed E-state index contributed by atoms with van der Waals surface area (Å²) in [6.07, 6.45) is 0. The zero-order chi connectivity index (χ0) is 40.9. The summed E-state index contributed by atoms with van der Waals surface area (Å²) in [5.74, 6) is 0. The van der Waals surface area contributed by atoms with Crippen LogP contribution in [0.1, 0.15) is 33.4 Å². The quantitative estimate of drug-likeness (QED) is 0.180. The van der Waals surface area contributed by atoms with E-state index in [9.17, 15) is 0 Å². The maximum Gasteiger partial charge on any atom is 0.0713 e. The van der Waals surface area contributed by atoms with Crippen molar-refractivity contribution in [2.75, 3.05) is 0 Å². The Kier molecular flexibility index (Phi) is 7.41. The molecule has 0 fully saturated rings. The van der Waals surface area contributed by atoms with E-state index in [4.69, 9.17) is 5.41 Å². The van der Waals surface area contributed by atoms with Gasteiger partial charge in [0.1, 0.15) is 0 Å². The number of nitrogens with one attached hydrogen (secondary N) is 1. The lowest BCUT2D eigenvalue weighted by molar-refractivity contribution is 0.769. The summed E-state index contributed by atoms with van der Waals surface area (Å²) in [6, 6.07) is 82.2. The molecular weight excluding hydrogens is 749 g/mol. The molecule has 0 radical (unpaired) electrons. The number of fused-ring (bicyclic) bond motifs is 10. The normalized spacial score (nSPS) is 13.3. The van der Waals surface area contributed by atoms with E-state index in [2.05, 4.69) is 223 Å². The van der Waals surface area contributed by atoms with Crippen LogP contribution < -0.4 is 0 Å². The molecule has 0 atom stereocenters. The molecular formula is C60H38N2. The largest absolute Gasteiger partial charge is 0.309 e. The number of rotatable bonds is 5. The van der Waals surface area contributed by atoms with Crippen LogP contribution in [0.5, 0.6) is 0 Å². The first-order chi connectivity index (χ1) is 30.7. The number of nitrogens with zero attached hydrogens (tertiary/aromatic N) is 1. The maximum atomic E-state index is 9.10. The molecule has 0 bridgehead atoms. The molecule has 0 amide bonds. The first-order valence-electron chi connectivity index (χ1n) is 21.4. The van der Waals surface area contributed by atoms with Gasteiger partial charge in [-0.25, -0.2) is 0 Å². The van der Waals surface area contributed by atoms with Crippen molar-refractivity contribution >= 4 is 38.3 Å². The maximum absolute atomic E-state index is 9.10. The van der Waals surface area contributed by atoms with Crippen LogP contribution in [0.4, 0.5) is 0 Å². The first-order valence-corrected chi connectivity index (χ1v) is 21.4. The summed E-state index contributed by atoms with van der Waals surface area (Å²) in [5, 5.41) is 13.9. The van der Waals surface area contributed by atoms with Crippen molar-refractivity contribution in [1.29, 1.82) is 5.41 Å². The van der Waals surface area contributed by atoms with Crippen LogP contribution in [0.3, 0.4) is 0 Å². The molecule has 2 aliphatic rings. The van der Waals surface area contributed by atoms with E-state index in [1.165, 1.54) is 77.1 Å². The molecule has 0 saturated heterocycles. The molecule has 0 saturated carbocycles. The Hall–Kier alpha value is -8.07. The van der Waals surface area contributed by atoms with Crippen molar-refractivity contribution in [3.05, 3.63) is 258 Å². The Morgan fingerprint density at radius 1 is 0.339 bits per heavy atom. The van der Waals surface area contributed by atoms with Crippen molar-refractivity contribution < 1.29 is 0 Å². The second kappa shape index (κ2) is 13.2. The molecule has 10 aromatic carbocycles. The fraction of sp³-hybridized carbons (Fsp3) is 0.0167. The highest BCUT2D eigenvalue weighted by molar-refractivity contribution is 6.26. The zero-order valence-corrected chi connectivity index (χ0v) is 33.8. The molecule has 11 aromatic rings. The average molecular weight is 787 g/mol. The van der Waals surface area contributed by atoms with Crippen LogP contribution in [0.2, 0.25) is 0 Å². The van der Waals surface area contributed by atoms with Crippen LogP contribution in [0, 0.1) is 5.41 Å². The second-order valence-corrected chi connectivity index (χ2v) is 16.8. The van der Waals surface area contributed by atoms with Gasteiger partial charge in [-0.2, -0.15) is 0 Å². The Balaban J connectivity index is 0.931.